The van der Waals surface area contributed by atoms with Crippen LogP contribution in [0.3, 0.4) is 0 Å². The first-order valence-corrected chi connectivity index (χ1v) is 6.85. The third-order valence-corrected chi connectivity index (χ3v) is 3.75. The Morgan fingerprint density at radius 1 is 1.56 bits per heavy atom. The van der Waals surface area contributed by atoms with Crippen LogP contribution in [-0.2, 0) is 0 Å². The molecule has 2 heterocycles. The average Bonchev–Trinajstić information content (AvgIpc) is 2.79. The maximum atomic E-state index is 8.84. The molecule has 1 saturated heterocycles. The minimum atomic E-state index is 0.226. The van der Waals surface area contributed by atoms with E-state index < -0.39 is 0 Å². The summed E-state index contributed by atoms with van der Waals surface area (Å²) in [4.78, 5) is 2.44. The molecule has 0 spiro atoms. The molecule has 3 nitrogen and oxygen atoms in total. The Morgan fingerprint density at radius 2 is 2.44 bits per heavy atom. The van der Waals surface area contributed by atoms with E-state index in [-0.39, 0.29) is 6.61 Å². The van der Waals surface area contributed by atoms with Gasteiger partial charge < -0.3 is 15.3 Å². The number of nitrogens with zero attached hydrogens (tertiary/aromatic N) is 1. The van der Waals surface area contributed by atoms with Gasteiger partial charge in [-0.15, -0.1) is 0 Å². The Kier molecular flexibility index (Phi) is 4.21. The maximum Gasteiger partial charge on any atom is 0.0556 e. The van der Waals surface area contributed by atoms with Crippen molar-refractivity contribution in [3.63, 3.8) is 0 Å². The lowest BCUT2D eigenvalue weighted by atomic mass is 9.95. The van der Waals surface area contributed by atoms with Crippen LogP contribution in [0.2, 0.25) is 0 Å². The van der Waals surface area contributed by atoms with Gasteiger partial charge in [-0.3, -0.25) is 0 Å². The summed E-state index contributed by atoms with van der Waals surface area (Å²) in [5.41, 5.74) is 1.34. The minimum absolute atomic E-state index is 0.226. The standard InChI is InChI=1S/C12H20N2OS/c1-10-6-11(13-3-4-15)8-14(7-10)12-2-5-16-9-12/h2,5,9-11,13,15H,3-4,6-8H2,1H3. The third-order valence-electron chi connectivity index (χ3n) is 3.08. The minimum Gasteiger partial charge on any atom is -0.395 e. The van der Waals surface area contributed by atoms with Crippen LogP contribution in [0.25, 0.3) is 0 Å². The van der Waals surface area contributed by atoms with Crippen LogP contribution in [0.4, 0.5) is 5.69 Å². The highest BCUT2D eigenvalue weighted by Gasteiger charge is 2.24. The monoisotopic (exact) mass is 240 g/mol. The molecule has 1 aromatic heterocycles. The molecular weight excluding hydrogens is 220 g/mol. The molecule has 0 aromatic carbocycles. The van der Waals surface area contributed by atoms with Gasteiger partial charge in [0.1, 0.15) is 0 Å². The third kappa shape index (κ3) is 2.97. The highest BCUT2D eigenvalue weighted by atomic mass is 32.1. The summed E-state index contributed by atoms with van der Waals surface area (Å²) >= 11 is 1.75. The van der Waals surface area contributed by atoms with Crippen LogP contribution in [0.5, 0.6) is 0 Å². The molecule has 0 radical (unpaired) electrons. The Bertz CT molecular complexity index is 302. The Hall–Kier alpha value is -0.580. The van der Waals surface area contributed by atoms with Crippen LogP contribution in [0, 0.1) is 5.92 Å². The number of anilines is 1. The van der Waals surface area contributed by atoms with Crippen molar-refractivity contribution in [3.8, 4) is 0 Å². The van der Waals surface area contributed by atoms with Gasteiger partial charge in [-0.1, -0.05) is 6.92 Å². The van der Waals surface area contributed by atoms with Crippen LogP contribution >= 0.6 is 11.3 Å². The summed E-state index contributed by atoms with van der Waals surface area (Å²) in [6, 6.07) is 2.70. The number of piperidine rings is 1. The first kappa shape index (κ1) is 11.9. The van der Waals surface area contributed by atoms with Crippen LogP contribution in [-0.4, -0.2) is 37.4 Å². The smallest absolute Gasteiger partial charge is 0.0556 e. The van der Waals surface area contributed by atoms with E-state index in [2.05, 4.69) is 34.0 Å². The molecule has 2 rings (SSSR count). The molecule has 2 unspecified atom stereocenters. The molecular formula is C12H20N2OS. The number of rotatable bonds is 4. The van der Waals surface area contributed by atoms with Crippen LogP contribution in [0.1, 0.15) is 13.3 Å². The highest BCUT2D eigenvalue weighted by molar-refractivity contribution is 7.08. The summed E-state index contributed by atoms with van der Waals surface area (Å²) in [6.45, 7) is 5.43. The van der Waals surface area contributed by atoms with Crippen molar-refractivity contribution >= 4 is 17.0 Å². The van der Waals surface area contributed by atoms with E-state index in [0.717, 1.165) is 13.1 Å². The van der Waals surface area contributed by atoms with Gasteiger partial charge in [-0.05, 0) is 23.8 Å². The predicted octanol–water partition coefficient (Wildman–Crippen LogP) is 1.54. The van der Waals surface area contributed by atoms with E-state index in [9.17, 15) is 0 Å². The average molecular weight is 240 g/mol. The molecule has 0 bridgehead atoms. The second-order valence-electron chi connectivity index (χ2n) is 4.60. The number of hydrogen-bond donors (Lipinski definition) is 2. The van der Waals surface area contributed by atoms with E-state index in [1.165, 1.54) is 12.1 Å². The highest BCUT2D eigenvalue weighted by Crippen LogP contribution is 2.24. The van der Waals surface area contributed by atoms with Gasteiger partial charge in [-0.2, -0.15) is 11.3 Å². The van der Waals surface area contributed by atoms with Gasteiger partial charge in [0.15, 0.2) is 0 Å². The molecule has 90 valence electrons. The van der Waals surface area contributed by atoms with E-state index in [1.807, 2.05) is 0 Å². The lowest BCUT2D eigenvalue weighted by molar-refractivity contribution is 0.269. The summed E-state index contributed by atoms with van der Waals surface area (Å²) < 4.78 is 0. The van der Waals surface area contributed by atoms with E-state index in [0.29, 0.717) is 18.5 Å². The van der Waals surface area contributed by atoms with Crippen molar-refractivity contribution in [2.24, 2.45) is 5.92 Å². The Balaban J connectivity index is 1.94. The topological polar surface area (TPSA) is 35.5 Å². The van der Waals surface area contributed by atoms with Gasteiger partial charge in [-0.25, -0.2) is 0 Å². The van der Waals surface area contributed by atoms with Gasteiger partial charge in [0, 0.05) is 36.7 Å². The molecule has 4 heteroatoms. The van der Waals surface area contributed by atoms with Crippen molar-refractivity contribution in [3.05, 3.63) is 16.8 Å². The molecule has 16 heavy (non-hydrogen) atoms. The fraction of sp³-hybridized carbons (Fsp3) is 0.667. The Labute approximate surface area is 101 Å². The molecule has 0 aliphatic carbocycles. The van der Waals surface area contributed by atoms with Gasteiger partial charge in [0.05, 0.1) is 6.61 Å². The second kappa shape index (κ2) is 5.66. The van der Waals surface area contributed by atoms with Crippen molar-refractivity contribution in [2.45, 2.75) is 19.4 Å². The van der Waals surface area contributed by atoms with Crippen LogP contribution in [0.15, 0.2) is 16.8 Å². The fourth-order valence-corrected chi connectivity index (χ4v) is 3.08. The van der Waals surface area contributed by atoms with Gasteiger partial charge in [0.25, 0.3) is 0 Å². The van der Waals surface area contributed by atoms with Gasteiger partial charge >= 0.3 is 0 Å². The molecule has 0 amide bonds. The molecule has 1 aromatic rings. The first-order valence-electron chi connectivity index (χ1n) is 5.91. The summed E-state index contributed by atoms with van der Waals surface area (Å²) in [7, 11) is 0. The number of nitrogens with one attached hydrogen (secondary N) is 1. The second-order valence-corrected chi connectivity index (χ2v) is 5.38. The van der Waals surface area contributed by atoms with E-state index in [4.69, 9.17) is 5.11 Å². The lowest BCUT2D eigenvalue weighted by Gasteiger charge is -2.37. The molecule has 1 fully saturated rings. The van der Waals surface area contributed by atoms with Crippen molar-refractivity contribution in [2.75, 3.05) is 31.1 Å². The van der Waals surface area contributed by atoms with Gasteiger partial charge in [0.2, 0.25) is 0 Å². The Morgan fingerprint density at radius 3 is 3.12 bits per heavy atom. The quantitative estimate of drug-likeness (QED) is 0.838. The summed E-state index contributed by atoms with van der Waals surface area (Å²) in [5.74, 6) is 0.713. The molecule has 2 N–H and O–H groups in total. The maximum absolute atomic E-state index is 8.84. The van der Waals surface area contributed by atoms with Crippen molar-refractivity contribution in [1.29, 1.82) is 0 Å². The van der Waals surface area contributed by atoms with Crippen LogP contribution < -0.4 is 10.2 Å². The fourth-order valence-electron chi connectivity index (χ4n) is 2.42. The number of aliphatic hydroxyl groups excluding tert-OH is 1. The number of hydrogen-bond acceptors (Lipinski definition) is 4. The van der Waals surface area contributed by atoms with Crippen molar-refractivity contribution in [1.82, 2.24) is 5.32 Å². The zero-order valence-electron chi connectivity index (χ0n) is 9.72. The van der Waals surface area contributed by atoms with E-state index in [1.54, 1.807) is 11.3 Å². The summed E-state index contributed by atoms with van der Waals surface area (Å²) in [5, 5.41) is 16.6. The lowest BCUT2D eigenvalue weighted by Crippen LogP contribution is -2.49. The molecule has 0 saturated carbocycles. The largest absolute Gasteiger partial charge is 0.395 e. The predicted molar refractivity (Wildman–Crippen MR) is 69.2 cm³/mol. The molecule has 2 atom stereocenters. The zero-order chi connectivity index (χ0) is 11.4. The summed E-state index contributed by atoms with van der Waals surface area (Å²) in [6.07, 6.45) is 1.21. The van der Waals surface area contributed by atoms with Crippen molar-refractivity contribution < 1.29 is 5.11 Å². The number of thiophene rings is 1. The SMILES string of the molecule is CC1CC(NCCO)CN(c2ccsc2)C1. The van der Waals surface area contributed by atoms with E-state index >= 15 is 0 Å². The number of aliphatic hydroxyl groups is 1. The zero-order valence-corrected chi connectivity index (χ0v) is 10.5. The molecule has 1 aliphatic rings. The first-order chi connectivity index (χ1) is 7.79. The normalized spacial score (nSPS) is 26.0. The molecule has 1 aliphatic heterocycles.